The summed E-state index contributed by atoms with van der Waals surface area (Å²) < 4.78 is 5.71. The number of nitrogens with one attached hydrogen (secondary N) is 1. The average molecular weight is 288 g/mol. The van der Waals surface area contributed by atoms with Crippen molar-refractivity contribution in [2.24, 2.45) is 0 Å². The molecule has 1 aromatic rings. The highest BCUT2D eigenvalue weighted by atomic mass is 16.5. The number of rotatable bonds is 7. The van der Waals surface area contributed by atoms with Crippen LogP contribution in [0, 0.1) is 0 Å². The molecule has 1 aliphatic heterocycles. The lowest BCUT2D eigenvalue weighted by molar-refractivity contribution is 0.0125. The van der Waals surface area contributed by atoms with Crippen molar-refractivity contribution in [3.8, 4) is 0 Å². The van der Waals surface area contributed by atoms with Gasteiger partial charge < -0.3 is 10.1 Å². The van der Waals surface area contributed by atoms with E-state index in [1.165, 1.54) is 36.8 Å². The maximum atomic E-state index is 5.71. The van der Waals surface area contributed by atoms with Gasteiger partial charge in [-0.25, -0.2) is 0 Å². The SMILES string of the molecule is CCOC1CCN(Cc2ccc(CNC3CC3)cc2)CC1. The first-order valence-corrected chi connectivity index (χ1v) is 8.48. The van der Waals surface area contributed by atoms with Gasteiger partial charge in [0.15, 0.2) is 0 Å². The molecule has 1 saturated carbocycles. The van der Waals surface area contributed by atoms with Crippen LogP contribution >= 0.6 is 0 Å². The van der Waals surface area contributed by atoms with Crippen LogP contribution in [0.5, 0.6) is 0 Å². The van der Waals surface area contributed by atoms with E-state index >= 15 is 0 Å². The van der Waals surface area contributed by atoms with Crippen LogP contribution in [0.3, 0.4) is 0 Å². The Morgan fingerprint density at radius 3 is 2.33 bits per heavy atom. The first-order chi connectivity index (χ1) is 10.3. The predicted octanol–water partition coefficient (Wildman–Crippen LogP) is 2.94. The molecule has 1 aromatic carbocycles. The fraction of sp³-hybridized carbons (Fsp3) is 0.667. The normalized spacial score (nSPS) is 20.8. The summed E-state index contributed by atoms with van der Waals surface area (Å²) >= 11 is 0. The van der Waals surface area contributed by atoms with Gasteiger partial charge in [-0.1, -0.05) is 24.3 Å². The summed E-state index contributed by atoms with van der Waals surface area (Å²) in [6.45, 7) is 7.36. The first-order valence-electron chi connectivity index (χ1n) is 8.48. The van der Waals surface area contributed by atoms with Crippen LogP contribution in [-0.2, 0) is 17.8 Å². The van der Waals surface area contributed by atoms with Crippen LogP contribution in [0.1, 0.15) is 43.7 Å². The van der Waals surface area contributed by atoms with Crippen LogP contribution in [0.4, 0.5) is 0 Å². The minimum atomic E-state index is 0.488. The van der Waals surface area contributed by atoms with Gasteiger partial charge in [-0.3, -0.25) is 4.90 Å². The number of likely N-dealkylation sites (tertiary alicyclic amines) is 1. The highest BCUT2D eigenvalue weighted by Gasteiger charge is 2.20. The van der Waals surface area contributed by atoms with E-state index in [0.717, 1.165) is 38.8 Å². The van der Waals surface area contributed by atoms with Crippen LogP contribution in [0.15, 0.2) is 24.3 Å². The van der Waals surface area contributed by atoms with E-state index in [0.29, 0.717) is 6.10 Å². The van der Waals surface area contributed by atoms with E-state index in [4.69, 9.17) is 4.74 Å². The van der Waals surface area contributed by atoms with Crippen molar-refractivity contribution in [1.82, 2.24) is 10.2 Å². The standard InChI is InChI=1S/C18H28N2O/c1-2-21-18-9-11-20(12-10-18)14-16-5-3-15(4-6-16)13-19-17-7-8-17/h3-6,17-19H,2,7-14H2,1H3. The van der Waals surface area contributed by atoms with Gasteiger partial charge in [0.25, 0.3) is 0 Å². The molecule has 21 heavy (non-hydrogen) atoms. The topological polar surface area (TPSA) is 24.5 Å². The molecule has 2 fully saturated rings. The van der Waals surface area contributed by atoms with Gasteiger partial charge in [-0.15, -0.1) is 0 Å². The summed E-state index contributed by atoms with van der Waals surface area (Å²) in [7, 11) is 0. The van der Waals surface area contributed by atoms with Crippen LogP contribution in [0.25, 0.3) is 0 Å². The number of nitrogens with zero attached hydrogens (tertiary/aromatic N) is 1. The fourth-order valence-corrected chi connectivity index (χ4v) is 3.04. The number of piperidine rings is 1. The largest absolute Gasteiger partial charge is 0.378 e. The van der Waals surface area contributed by atoms with Gasteiger partial charge in [0, 0.05) is 38.8 Å². The average Bonchev–Trinajstić information content (AvgIpc) is 3.33. The van der Waals surface area contributed by atoms with Crippen molar-refractivity contribution in [2.45, 2.75) is 57.8 Å². The number of hydrogen-bond donors (Lipinski definition) is 1. The Morgan fingerprint density at radius 1 is 1.05 bits per heavy atom. The van der Waals surface area contributed by atoms with Crippen molar-refractivity contribution in [3.63, 3.8) is 0 Å². The fourth-order valence-electron chi connectivity index (χ4n) is 3.04. The van der Waals surface area contributed by atoms with Crippen molar-refractivity contribution in [3.05, 3.63) is 35.4 Å². The minimum absolute atomic E-state index is 0.488. The summed E-state index contributed by atoms with van der Waals surface area (Å²) in [6.07, 6.45) is 5.56. The van der Waals surface area contributed by atoms with E-state index in [-0.39, 0.29) is 0 Å². The lowest BCUT2D eigenvalue weighted by Crippen LogP contribution is -2.36. The van der Waals surface area contributed by atoms with E-state index in [1.807, 2.05) is 0 Å². The Morgan fingerprint density at radius 2 is 1.71 bits per heavy atom. The molecule has 116 valence electrons. The van der Waals surface area contributed by atoms with Gasteiger partial charge in [-0.05, 0) is 43.7 Å². The van der Waals surface area contributed by atoms with Crippen LogP contribution < -0.4 is 5.32 Å². The third-order valence-corrected chi connectivity index (χ3v) is 4.54. The molecule has 1 heterocycles. The predicted molar refractivity (Wildman–Crippen MR) is 86.2 cm³/mol. The Hall–Kier alpha value is -0.900. The van der Waals surface area contributed by atoms with Crippen molar-refractivity contribution < 1.29 is 4.74 Å². The van der Waals surface area contributed by atoms with E-state index in [1.54, 1.807) is 0 Å². The van der Waals surface area contributed by atoms with Crippen molar-refractivity contribution in [1.29, 1.82) is 0 Å². The van der Waals surface area contributed by atoms with Crippen LogP contribution in [-0.4, -0.2) is 36.7 Å². The maximum Gasteiger partial charge on any atom is 0.0599 e. The summed E-state index contributed by atoms with van der Waals surface area (Å²) in [6, 6.07) is 9.92. The summed E-state index contributed by atoms with van der Waals surface area (Å²) in [5.41, 5.74) is 2.83. The zero-order chi connectivity index (χ0) is 14.5. The second kappa shape index (κ2) is 7.39. The molecule has 3 nitrogen and oxygen atoms in total. The molecule has 0 unspecified atom stereocenters. The Labute approximate surface area is 128 Å². The lowest BCUT2D eigenvalue weighted by Gasteiger charge is -2.31. The maximum absolute atomic E-state index is 5.71. The van der Waals surface area contributed by atoms with Gasteiger partial charge >= 0.3 is 0 Å². The second-order valence-corrected chi connectivity index (χ2v) is 6.40. The molecule has 3 heteroatoms. The molecule has 3 rings (SSSR count). The molecule has 2 aliphatic rings. The summed E-state index contributed by atoms with van der Waals surface area (Å²) in [5.74, 6) is 0. The van der Waals surface area contributed by atoms with E-state index in [9.17, 15) is 0 Å². The zero-order valence-electron chi connectivity index (χ0n) is 13.2. The quantitative estimate of drug-likeness (QED) is 0.835. The van der Waals surface area contributed by atoms with Crippen molar-refractivity contribution >= 4 is 0 Å². The third-order valence-electron chi connectivity index (χ3n) is 4.54. The Balaban J connectivity index is 1.42. The number of ether oxygens (including phenoxy) is 1. The highest BCUT2D eigenvalue weighted by Crippen LogP contribution is 2.20. The third kappa shape index (κ3) is 4.80. The molecule has 1 N–H and O–H groups in total. The first kappa shape index (κ1) is 15.0. The molecule has 0 amide bonds. The molecular weight excluding hydrogens is 260 g/mol. The van der Waals surface area contributed by atoms with E-state index < -0.39 is 0 Å². The van der Waals surface area contributed by atoms with E-state index in [2.05, 4.69) is 41.4 Å². The Bertz CT molecular complexity index is 419. The van der Waals surface area contributed by atoms with Gasteiger partial charge in [0.1, 0.15) is 0 Å². The molecule has 0 radical (unpaired) electrons. The number of hydrogen-bond acceptors (Lipinski definition) is 3. The number of benzene rings is 1. The second-order valence-electron chi connectivity index (χ2n) is 6.40. The van der Waals surface area contributed by atoms with Gasteiger partial charge in [-0.2, -0.15) is 0 Å². The molecule has 0 spiro atoms. The molecule has 0 aromatic heterocycles. The molecule has 0 bridgehead atoms. The summed E-state index contributed by atoms with van der Waals surface area (Å²) in [4.78, 5) is 2.55. The smallest absolute Gasteiger partial charge is 0.0599 e. The monoisotopic (exact) mass is 288 g/mol. The van der Waals surface area contributed by atoms with Crippen LogP contribution in [0.2, 0.25) is 0 Å². The van der Waals surface area contributed by atoms with Gasteiger partial charge in [0.2, 0.25) is 0 Å². The molecule has 1 aliphatic carbocycles. The lowest BCUT2D eigenvalue weighted by atomic mass is 10.1. The highest BCUT2D eigenvalue weighted by molar-refractivity contribution is 5.22. The minimum Gasteiger partial charge on any atom is -0.378 e. The Kier molecular flexibility index (Phi) is 5.28. The van der Waals surface area contributed by atoms with Gasteiger partial charge in [0.05, 0.1) is 6.10 Å². The molecule has 1 saturated heterocycles. The molecule has 0 atom stereocenters. The van der Waals surface area contributed by atoms with Crippen molar-refractivity contribution in [2.75, 3.05) is 19.7 Å². The molecular formula is C18H28N2O. The summed E-state index contributed by atoms with van der Waals surface area (Å²) in [5, 5.41) is 3.57. The zero-order valence-corrected chi connectivity index (χ0v) is 13.2.